The Morgan fingerprint density at radius 1 is 2.00 bits per heavy atom. The Labute approximate surface area is 47.0 Å². The zero-order valence-corrected chi connectivity index (χ0v) is 4.64. The van der Waals surface area contributed by atoms with Crippen LogP contribution in [0.2, 0.25) is 0 Å². The Balaban J connectivity index is 3.04. The quantitative estimate of drug-likeness (QED) is 0.231. The van der Waals surface area contributed by atoms with Crippen LogP contribution in [0.25, 0.3) is 0 Å². The van der Waals surface area contributed by atoms with E-state index in [4.69, 9.17) is 16.9 Å². The lowest BCUT2D eigenvalue weighted by Gasteiger charge is -2.02. The lowest BCUT2D eigenvalue weighted by molar-refractivity contribution is -0.0678. The van der Waals surface area contributed by atoms with Gasteiger partial charge in [-0.1, -0.05) is 11.6 Å². The van der Waals surface area contributed by atoms with E-state index in [-0.39, 0.29) is 6.07 Å². The minimum atomic E-state index is 0.0179. The average molecular weight is 121 g/mol. The van der Waals surface area contributed by atoms with Crippen LogP contribution in [0.4, 0.5) is 0 Å². The summed E-state index contributed by atoms with van der Waals surface area (Å²) in [5.74, 6) is 0. The number of rotatable bonds is 2. The maximum absolute atomic E-state index is 7.96. The molecule has 0 spiro atoms. The molecule has 0 N–H and O–H groups in total. The average Bonchev–Trinajstić information content (AvgIpc) is 1.68. The summed E-state index contributed by atoms with van der Waals surface area (Å²) in [6.07, 6.45) is 1.69. The molecule has 0 amide bonds. The van der Waals surface area contributed by atoms with Gasteiger partial charge in [0.1, 0.15) is 6.07 Å². The maximum Gasteiger partial charge on any atom is 0.205 e. The first-order valence-electron chi connectivity index (χ1n) is 1.63. The van der Waals surface area contributed by atoms with Crippen LogP contribution in [0.1, 0.15) is 0 Å². The summed E-state index contributed by atoms with van der Waals surface area (Å²) >= 11 is 5.06. The number of nitriles is 1. The van der Waals surface area contributed by atoms with Gasteiger partial charge in [-0.15, -0.1) is 0 Å². The largest absolute Gasteiger partial charge is 0.248 e. The molecule has 0 saturated heterocycles. The summed E-state index contributed by atoms with van der Waals surface area (Å²) in [7, 11) is 1.47. The summed E-state index contributed by atoms with van der Waals surface area (Å²) in [5.41, 5.74) is 0. The number of hydroxylamine groups is 2. The predicted molar refractivity (Wildman–Crippen MR) is 25.2 cm³/mol. The van der Waals surface area contributed by atoms with Crippen molar-refractivity contribution in [2.45, 2.75) is 0 Å². The van der Waals surface area contributed by atoms with Gasteiger partial charge in [0.15, 0.2) is 0 Å². The number of alkyl halides is 1. The number of hydrogen-bond acceptors (Lipinski definition) is 3. The first kappa shape index (κ1) is 6.54. The van der Waals surface area contributed by atoms with Crippen molar-refractivity contribution in [3.8, 4) is 6.19 Å². The third kappa shape index (κ3) is 3.37. The van der Waals surface area contributed by atoms with Crippen molar-refractivity contribution in [1.29, 1.82) is 5.26 Å². The molecular formula is C3H5ClN2O. The van der Waals surface area contributed by atoms with Crippen LogP contribution in [-0.2, 0) is 4.84 Å². The summed E-state index contributed by atoms with van der Waals surface area (Å²) in [6.45, 7) is 0. The van der Waals surface area contributed by atoms with Gasteiger partial charge in [0.05, 0.1) is 0 Å². The van der Waals surface area contributed by atoms with Crippen LogP contribution in [0.3, 0.4) is 0 Å². The van der Waals surface area contributed by atoms with E-state index in [2.05, 4.69) is 4.84 Å². The van der Waals surface area contributed by atoms with Crippen molar-refractivity contribution < 1.29 is 4.84 Å². The van der Waals surface area contributed by atoms with E-state index in [9.17, 15) is 0 Å². The van der Waals surface area contributed by atoms with Gasteiger partial charge in [0.2, 0.25) is 6.19 Å². The van der Waals surface area contributed by atoms with Gasteiger partial charge in [-0.2, -0.15) is 10.3 Å². The molecule has 0 bridgehead atoms. The normalized spacial score (nSPS) is 7.57. The fourth-order valence-electron chi connectivity index (χ4n) is 0.102. The lowest BCUT2D eigenvalue weighted by Crippen LogP contribution is -2.09. The standard InChI is InChI=1S/C3H5ClN2O/c1-6(3-5)7-2-4/h2H2,1H3. The molecule has 0 saturated carbocycles. The number of nitrogens with zero attached hydrogens (tertiary/aromatic N) is 2. The summed E-state index contributed by atoms with van der Waals surface area (Å²) in [5, 5.41) is 8.94. The Morgan fingerprint density at radius 3 is 2.71 bits per heavy atom. The minimum Gasteiger partial charge on any atom is -0.248 e. The van der Waals surface area contributed by atoms with E-state index in [0.717, 1.165) is 5.06 Å². The van der Waals surface area contributed by atoms with Crippen LogP contribution in [0.15, 0.2) is 0 Å². The monoisotopic (exact) mass is 120 g/mol. The van der Waals surface area contributed by atoms with Gasteiger partial charge in [-0.05, 0) is 0 Å². The molecule has 0 radical (unpaired) electrons. The van der Waals surface area contributed by atoms with Gasteiger partial charge in [0.25, 0.3) is 0 Å². The molecule has 0 unspecified atom stereocenters. The summed E-state index contributed by atoms with van der Waals surface area (Å²) < 4.78 is 0. The van der Waals surface area contributed by atoms with E-state index < -0.39 is 0 Å². The number of halogens is 1. The van der Waals surface area contributed by atoms with Crippen molar-refractivity contribution >= 4 is 11.6 Å². The van der Waals surface area contributed by atoms with Crippen molar-refractivity contribution in [2.75, 3.05) is 13.1 Å². The van der Waals surface area contributed by atoms with Crippen molar-refractivity contribution in [2.24, 2.45) is 0 Å². The molecule has 0 heterocycles. The molecule has 0 aliphatic heterocycles. The summed E-state index contributed by atoms with van der Waals surface area (Å²) in [6, 6.07) is 0.0179. The molecule has 0 aliphatic carbocycles. The van der Waals surface area contributed by atoms with Gasteiger partial charge in [-0.25, -0.2) is 4.84 Å². The molecular weight excluding hydrogens is 115 g/mol. The van der Waals surface area contributed by atoms with Gasteiger partial charge in [0, 0.05) is 7.05 Å². The van der Waals surface area contributed by atoms with Crippen LogP contribution in [0, 0.1) is 11.5 Å². The smallest absolute Gasteiger partial charge is 0.205 e. The van der Waals surface area contributed by atoms with Crippen molar-refractivity contribution in [3.05, 3.63) is 0 Å². The second-order valence-corrected chi connectivity index (χ2v) is 1.05. The molecule has 0 atom stereocenters. The Hall–Kier alpha value is -0.460. The van der Waals surface area contributed by atoms with Crippen LogP contribution in [0.5, 0.6) is 0 Å². The van der Waals surface area contributed by atoms with Crippen molar-refractivity contribution in [1.82, 2.24) is 5.06 Å². The predicted octanol–water partition coefficient (Wildman–Crippen LogP) is 0.527. The van der Waals surface area contributed by atoms with Crippen LogP contribution in [-0.4, -0.2) is 18.2 Å². The third-order valence-corrected chi connectivity index (χ3v) is 0.481. The van der Waals surface area contributed by atoms with Crippen LogP contribution < -0.4 is 0 Å². The SMILES string of the molecule is CN(C#N)OCCl. The maximum atomic E-state index is 7.96. The van der Waals surface area contributed by atoms with E-state index >= 15 is 0 Å². The zero-order chi connectivity index (χ0) is 5.70. The molecule has 0 rings (SSSR count). The lowest BCUT2D eigenvalue weighted by atomic mass is 11.2. The molecule has 0 fully saturated rings. The van der Waals surface area contributed by atoms with Gasteiger partial charge < -0.3 is 0 Å². The molecule has 0 aromatic heterocycles. The molecule has 7 heavy (non-hydrogen) atoms. The van der Waals surface area contributed by atoms with Crippen LogP contribution >= 0.6 is 11.6 Å². The van der Waals surface area contributed by atoms with E-state index in [0.29, 0.717) is 0 Å². The first-order chi connectivity index (χ1) is 3.31. The van der Waals surface area contributed by atoms with E-state index in [1.54, 1.807) is 6.19 Å². The topological polar surface area (TPSA) is 36.3 Å². The molecule has 3 nitrogen and oxygen atoms in total. The highest BCUT2D eigenvalue weighted by molar-refractivity contribution is 6.17. The Kier molecular flexibility index (Phi) is 3.48. The second-order valence-electron chi connectivity index (χ2n) is 0.836. The Morgan fingerprint density at radius 2 is 2.57 bits per heavy atom. The van der Waals surface area contributed by atoms with E-state index in [1.165, 1.54) is 7.05 Å². The fourth-order valence-corrected chi connectivity index (χ4v) is 0.248. The van der Waals surface area contributed by atoms with Gasteiger partial charge in [-0.3, -0.25) is 0 Å². The molecule has 0 aromatic carbocycles. The zero-order valence-electron chi connectivity index (χ0n) is 3.89. The molecule has 0 aliphatic rings. The van der Waals surface area contributed by atoms with Crippen molar-refractivity contribution in [3.63, 3.8) is 0 Å². The van der Waals surface area contributed by atoms with E-state index in [1.807, 2.05) is 0 Å². The summed E-state index contributed by atoms with van der Waals surface area (Å²) in [4.78, 5) is 4.43. The highest BCUT2D eigenvalue weighted by Crippen LogP contribution is 1.81. The fraction of sp³-hybridized carbons (Fsp3) is 0.667. The first-order valence-corrected chi connectivity index (χ1v) is 2.17. The van der Waals surface area contributed by atoms with Gasteiger partial charge >= 0.3 is 0 Å². The highest BCUT2D eigenvalue weighted by Gasteiger charge is 1.85. The molecule has 0 aromatic rings. The second kappa shape index (κ2) is 3.72. The molecule has 4 heteroatoms. The third-order valence-electron chi connectivity index (χ3n) is 0.383. The molecule has 40 valence electrons. The Bertz CT molecular complexity index is 79.5. The minimum absolute atomic E-state index is 0.0179. The number of hydrogen-bond donors (Lipinski definition) is 0. The highest BCUT2D eigenvalue weighted by atomic mass is 35.5.